The maximum Gasteiger partial charge on any atom is 0.226 e. The number of carbonyl (C=O) groups excluding carboxylic acids is 1. The standard InChI is InChI=1S/C8H13N3OS/c1-5(2)4-7(12)9-8-11-10-6(3)13-8/h5H,4H2,1-3H3,(H,9,11,12). The van der Waals surface area contributed by atoms with E-state index in [2.05, 4.69) is 15.5 Å². The molecule has 1 heterocycles. The van der Waals surface area contributed by atoms with E-state index in [4.69, 9.17) is 0 Å². The van der Waals surface area contributed by atoms with Crippen LogP contribution >= 0.6 is 11.3 Å². The van der Waals surface area contributed by atoms with Gasteiger partial charge in [-0.3, -0.25) is 4.79 Å². The van der Waals surface area contributed by atoms with Crippen molar-refractivity contribution >= 4 is 22.4 Å². The van der Waals surface area contributed by atoms with Gasteiger partial charge < -0.3 is 5.32 Å². The van der Waals surface area contributed by atoms with E-state index in [1.54, 1.807) is 0 Å². The van der Waals surface area contributed by atoms with E-state index in [9.17, 15) is 4.79 Å². The largest absolute Gasteiger partial charge is 0.301 e. The molecule has 0 aliphatic carbocycles. The lowest BCUT2D eigenvalue weighted by Gasteiger charge is -2.02. The summed E-state index contributed by atoms with van der Waals surface area (Å²) in [6, 6.07) is 0. The molecule has 0 bridgehead atoms. The van der Waals surface area contributed by atoms with Crippen molar-refractivity contribution in [3.63, 3.8) is 0 Å². The van der Waals surface area contributed by atoms with E-state index < -0.39 is 0 Å². The third-order valence-electron chi connectivity index (χ3n) is 1.37. The Hall–Kier alpha value is -0.970. The molecule has 0 aliphatic rings. The molecule has 0 atom stereocenters. The van der Waals surface area contributed by atoms with Crippen LogP contribution < -0.4 is 5.32 Å². The molecule has 0 fully saturated rings. The van der Waals surface area contributed by atoms with Crippen LogP contribution in [-0.2, 0) is 4.79 Å². The quantitative estimate of drug-likeness (QED) is 0.808. The topological polar surface area (TPSA) is 54.9 Å². The zero-order valence-corrected chi connectivity index (χ0v) is 8.81. The van der Waals surface area contributed by atoms with Crippen LogP contribution in [0.25, 0.3) is 0 Å². The van der Waals surface area contributed by atoms with Crippen molar-refractivity contribution in [2.45, 2.75) is 27.2 Å². The molecule has 1 aromatic rings. The van der Waals surface area contributed by atoms with E-state index in [1.165, 1.54) is 11.3 Å². The minimum atomic E-state index is 0.00569. The molecule has 0 unspecified atom stereocenters. The summed E-state index contributed by atoms with van der Waals surface area (Å²) in [4.78, 5) is 11.3. The SMILES string of the molecule is Cc1nnc(NC(=O)CC(C)C)s1. The second-order valence-electron chi connectivity index (χ2n) is 3.27. The molecule has 0 aliphatic heterocycles. The molecule has 1 rings (SSSR count). The zero-order chi connectivity index (χ0) is 9.84. The lowest BCUT2D eigenvalue weighted by atomic mass is 10.1. The minimum Gasteiger partial charge on any atom is -0.301 e. The highest BCUT2D eigenvalue weighted by atomic mass is 32.1. The predicted octanol–water partition coefficient (Wildman–Crippen LogP) is 1.83. The Balaban J connectivity index is 2.45. The van der Waals surface area contributed by atoms with Crippen LogP contribution in [0, 0.1) is 12.8 Å². The molecular weight excluding hydrogens is 186 g/mol. The minimum absolute atomic E-state index is 0.00569. The second-order valence-corrected chi connectivity index (χ2v) is 4.45. The van der Waals surface area contributed by atoms with Gasteiger partial charge in [-0.2, -0.15) is 0 Å². The number of nitrogens with one attached hydrogen (secondary N) is 1. The molecule has 13 heavy (non-hydrogen) atoms. The van der Waals surface area contributed by atoms with E-state index in [0.29, 0.717) is 17.5 Å². The summed E-state index contributed by atoms with van der Waals surface area (Å²) in [7, 11) is 0. The highest BCUT2D eigenvalue weighted by molar-refractivity contribution is 7.15. The third-order valence-corrected chi connectivity index (χ3v) is 2.12. The number of rotatable bonds is 3. The zero-order valence-electron chi connectivity index (χ0n) is 8.00. The van der Waals surface area contributed by atoms with Gasteiger partial charge in [0, 0.05) is 6.42 Å². The van der Waals surface area contributed by atoms with Crippen molar-refractivity contribution in [1.82, 2.24) is 10.2 Å². The Labute approximate surface area is 81.4 Å². The van der Waals surface area contributed by atoms with Crippen LogP contribution in [0.1, 0.15) is 25.3 Å². The summed E-state index contributed by atoms with van der Waals surface area (Å²) in [6.07, 6.45) is 0.526. The molecule has 0 saturated heterocycles. The van der Waals surface area contributed by atoms with Crippen molar-refractivity contribution in [3.05, 3.63) is 5.01 Å². The van der Waals surface area contributed by atoms with Gasteiger partial charge in [0.05, 0.1) is 0 Å². The first-order valence-electron chi connectivity index (χ1n) is 4.18. The summed E-state index contributed by atoms with van der Waals surface area (Å²) >= 11 is 1.39. The van der Waals surface area contributed by atoms with Crippen LogP contribution in [-0.4, -0.2) is 16.1 Å². The molecule has 0 aromatic carbocycles. The highest BCUT2D eigenvalue weighted by Crippen LogP contribution is 2.14. The van der Waals surface area contributed by atoms with Crippen LogP contribution in [0.5, 0.6) is 0 Å². The van der Waals surface area contributed by atoms with E-state index in [1.807, 2.05) is 20.8 Å². The van der Waals surface area contributed by atoms with E-state index in [-0.39, 0.29) is 5.91 Å². The van der Waals surface area contributed by atoms with Gasteiger partial charge in [-0.1, -0.05) is 25.2 Å². The van der Waals surface area contributed by atoms with Gasteiger partial charge in [0.1, 0.15) is 5.01 Å². The van der Waals surface area contributed by atoms with E-state index >= 15 is 0 Å². The first-order chi connectivity index (χ1) is 6.08. The number of amides is 1. The average molecular weight is 199 g/mol. The molecule has 1 aromatic heterocycles. The molecule has 5 heteroatoms. The number of aromatic nitrogens is 2. The van der Waals surface area contributed by atoms with Crippen molar-refractivity contribution in [2.24, 2.45) is 5.92 Å². The Morgan fingerprint density at radius 2 is 2.23 bits per heavy atom. The number of nitrogens with zero attached hydrogens (tertiary/aromatic N) is 2. The van der Waals surface area contributed by atoms with Gasteiger partial charge in [0.15, 0.2) is 0 Å². The lowest BCUT2D eigenvalue weighted by molar-refractivity contribution is -0.116. The summed E-state index contributed by atoms with van der Waals surface area (Å²) in [6.45, 7) is 5.87. The van der Waals surface area contributed by atoms with E-state index in [0.717, 1.165) is 5.01 Å². The normalized spacial score (nSPS) is 10.5. The fraction of sp³-hybridized carbons (Fsp3) is 0.625. The first kappa shape index (κ1) is 10.1. The Morgan fingerprint density at radius 1 is 1.54 bits per heavy atom. The smallest absolute Gasteiger partial charge is 0.226 e. The fourth-order valence-corrected chi connectivity index (χ4v) is 1.50. The van der Waals surface area contributed by atoms with Crippen LogP contribution in [0.3, 0.4) is 0 Å². The Bertz CT molecular complexity index is 295. The Kier molecular flexibility index (Phi) is 3.36. The maximum atomic E-state index is 11.3. The maximum absolute atomic E-state index is 11.3. The number of hydrogen-bond acceptors (Lipinski definition) is 4. The molecular formula is C8H13N3OS. The van der Waals surface area contributed by atoms with Gasteiger partial charge >= 0.3 is 0 Å². The number of anilines is 1. The Morgan fingerprint density at radius 3 is 2.69 bits per heavy atom. The van der Waals surface area contributed by atoms with Crippen molar-refractivity contribution in [3.8, 4) is 0 Å². The summed E-state index contributed by atoms with van der Waals surface area (Å²) in [5, 5.41) is 11.7. The molecule has 0 saturated carbocycles. The van der Waals surface area contributed by atoms with Crippen LogP contribution in [0.2, 0.25) is 0 Å². The molecule has 1 N–H and O–H groups in total. The van der Waals surface area contributed by atoms with Gasteiger partial charge in [0.2, 0.25) is 11.0 Å². The molecule has 72 valence electrons. The monoisotopic (exact) mass is 199 g/mol. The predicted molar refractivity (Wildman–Crippen MR) is 52.7 cm³/mol. The highest BCUT2D eigenvalue weighted by Gasteiger charge is 2.07. The van der Waals surface area contributed by atoms with Gasteiger partial charge in [-0.15, -0.1) is 10.2 Å². The molecule has 4 nitrogen and oxygen atoms in total. The average Bonchev–Trinajstić information content (AvgIpc) is 2.33. The van der Waals surface area contributed by atoms with Crippen molar-refractivity contribution < 1.29 is 4.79 Å². The number of aryl methyl sites for hydroxylation is 1. The lowest BCUT2D eigenvalue weighted by Crippen LogP contribution is -2.13. The second kappa shape index (κ2) is 4.32. The van der Waals surface area contributed by atoms with Crippen molar-refractivity contribution in [2.75, 3.05) is 5.32 Å². The molecule has 0 radical (unpaired) electrons. The molecule has 0 spiro atoms. The van der Waals surface area contributed by atoms with Gasteiger partial charge in [0.25, 0.3) is 0 Å². The first-order valence-corrected chi connectivity index (χ1v) is 4.99. The summed E-state index contributed by atoms with van der Waals surface area (Å²) < 4.78 is 0. The summed E-state index contributed by atoms with van der Waals surface area (Å²) in [5.74, 6) is 0.375. The third kappa shape index (κ3) is 3.50. The summed E-state index contributed by atoms with van der Waals surface area (Å²) in [5.41, 5.74) is 0. The van der Waals surface area contributed by atoms with Crippen LogP contribution in [0.4, 0.5) is 5.13 Å². The van der Waals surface area contributed by atoms with Crippen LogP contribution in [0.15, 0.2) is 0 Å². The number of carbonyl (C=O) groups is 1. The van der Waals surface area contributed by atoms with Gasteiger partial charge in [-0.25, -0.2) is 0 Å². The molecule has 1 amide bonds. The fourth-order valence-electron chi connectivity index (χ4n) is 0.888. The van der Waals surface area contributed by atoms with Gasteiger partial charge in [-0.05, 0) is 12.8 Å². The number of hydrogen-bond donors (Lipinski definition) is 1. The van der Waals surface area contributed by atoms with Crippen molar-refractivity contribution in [1.29, 1.82) is 0 Å².